The normalized spacial score (nSPS) is 11.9. The van der Waals surface area contributed by atoms with Crippen molar-refractivity contribution in [2.45, 2.75) is 6.92 Å². The number of benzene rings is 3. The molecule has 0 saturated carbocycles. The molecule has 3 aromatic rings. The van der Waals surface area contributed by atoms with Crippen LogP contribution in [0.1, 0.15) is 47.8 Å². The van der Waals surface area contributed by atoms with Gasteiger partial charge < -0.3 is 10.1 Å². The van der Waals surface area contributed by atoms with Gasteiger partial charge in [0, 0.05) is 22.3 Å². The molecule has 1 amide bonds. The van der Waals surface area contributed by atoms with Crippen LogP contribution in [0.15, 0.2) is 60.7 Å². The molecule has 0 aromatic heterocycles. The Morgan fingerprint density at radius 3 is 2.24 bits per heavy atom. The topological polar surface area (TPSA) is 133 Å². The van der Waals surface area contributed by atoms with Gasteiger partial charge >= 0.3 is 5.97 Å². The summed E-state index contributed by atoms with van der Waals surface area (Å²) in [7, 11) is 0. The Morgan fingerprint density at radius 2 is 1.55 bits per heavy atom. The van der Waals surface area contributed by atoms with Gasteiger partial charge in [-0.1, -0.05) is 48.5 Å². The van der Waals surface area contributed by atoms with E-state index in [9.17, 15) is 29.3 Å². The highest BCUT2D eigenvalue weighted by Gasteiger charge is 2.32. The molecule has 1 N–H and O–H groups in total. The summed E-state index contributed by atoms with van der Waals surface area (Å²) >= 11 is 0. The second kappa shape index (κ2) is 8.46. The molecule has 0 saturated heterocycles. The molecule has 0 aliphatic heterocycles. The average molecular weight is 444 g/mol. The quantitative estimate of drug-likeness (QED) is 0.283. The smallest absolute Gasteiger partial charge is 0.345 e. The fourth-order valence-electron chi connectivity index (χ4n) is 3.71. The van der Waals surface area contributed by atoms with Crippen LogP contribution in [0.3, 0.4) is 0 Å². The number of amides is 1. The van der Waals surface area contributed by atoms with Gasteiger partial charge in [0.25, 0.3) is 11.6 Å². The van der Waals surface area contributed by atoms with E-state index in [4.69, 9.17) is 4.74 Å². The maximum absolute atomic E-state index is 13.0. The minimum absolute atomic E-state index is 0.0511. The molecule has 0 heterocycles. The fraction of sp³-hybridized carbons (Fsp3) is 0.0833. The van der Waals surface area contributed by atoms with E-state index in [0.29, 0.717) is 0 Å². The van der Waals surface area contributed by atoms with E-state index in [-0.39, 0.29) is 44.9 Å². The molecule has 9 heteroatoms. The second-order valence-corrected chi connectivity index (χ2v) is 7.28. The highest BCUT2D eigenvalue weighted by atomic mass is 16.6. The molecule has 4 rings (SSSR count). The van der Waals surface area contributed by atoms with Crippen LogP contribution in [-0.4, -0.2) is 35.0 Å². The monoisotopic (exact) mass is 444 g/mol. The number of esters is 1. The van der Waals surface area contributed by atoms with E-state index in [1.165, 1.54) is 49.4 Å². The van der Waals surface area contributed by atoms with Gasteiger partial charge in [-0.25, -0.2) is 4.79 Å². The van der Waals surface area contributed by atoms with Crippen molar-refractivity contribution in [1.29, 1.82) is 0 Å². The third-order valence-corrected chi connectivity index (χ3v) is 5.20. The zero-order chi connectivity index (χ0) is 23.7. The standard InChI is InChI=1S/C24H16N2O7/c1-13-6-4-10-17(21(13)26(31)32)24(30)33-12-19(27)25-18-11-5-9-16-20(18)23(29)15-8-3-2-7-14(15)22(16)28/h2-11H,12H2,1H3,(H,25,27). The number of ether oxygens (including phenoxy) is 1. The molecule has 9 nitrogen and oxygen atoms in total. The summed E-state index contributed by atoms with van der Waals surface area (Å²) in [6, 6.07) is 15.1. The average Bonchev–Trinajstić information content (AvgIpc) is 2.80. The molecule has 0 atom stereocenters. The van der Waals surface area contributed by atoms with Crippen molar-refractivity contribution in [3.05, 3.63) is 104 Å². The van der Waals surface area contributed by atoms with Crippen LogP contribution >= 0.6 is 0 Å². The van der Waals surface area contributed by atoms with Gasteiger partial charge in [0.1, 0.15) is 5.56 Å². The maximum atomic E-state index is 13.0. The van der Waals surface area contributed by atoms with E-state index in [2.05, 4.69) is 5.32 Å². The summed E-state index contributed by atoms with van der Waals surface area (Å²) in [5.74, 6) is -2.56. The maximum Gasteiger partial charge on any atom is 0.345 e. The van der Waals surface area contributed by atoms with Crippen molar-refractivity contribution >= 4 is 34.8 Å². The molecule has 3 aromatic carbocycles. The first-order valence-electron chi connectivity index (χ1n) is 9.82. The zero-order valence-electron chi connectivity index (χ0n) is 17.3. The van der Waals surface area contributed by atoms with E-state index in [1.807, 2.05) is 0 Å². The van der Waals surface area contributed by atoms with Crippen molar-refractivity contribution in [2.75, 3.05) is 11.9 Å². The van der Waals surface area contributed by atoms with Crippen molar-refractivity contribution in [2.24, 2.45) is 0 Å². The predicted octanol–water partition coefficient (Wildman–Crippen LogP) is 3.47. The largest absolute Gasteiger partial charge is 0.452 e. The van der Waals surface area contributed by atoms with E-state index < -0.39 is 34.9 Å². The molecule has 0 unspecified atom stereocenters. The van der Waals surface area contributed by atoms with Crippen molar-refractivity contribution in [1.82, 2.24) is 0 Å². The Bertz CT molecular complexity index is 1360. The minimum atomic E-state index is -1.03. The molecule has 0 spiro atoms. The van der Waals surface area contributed by atoms with E-state index in [1.54, 1.807) is 18.2 Å². The number of carbonyl (C=O) groups excluding carboxylic acids is 4. The molecular weight excluding hydrogens is 428 g/mol. The lowest BCUT2D eigenvalue weighted by molar-refractivity contribution is -0.385. The predicted molar refractivity (Wildman–Crippen MR) is 116 cm³/mol. The lowest BCUT2D eigenvalue weighted by Gasteiger charge is -2.20. The van der Waals surface area contributed by atoms with Gasteiger partial charge in [-0.05, 0) is 19.1 Å². The van der Waals surface area contributed by atoms with Crippen molar-refractivity contribution < 1.29 is 28.8 Å². The van der Waals surface area contributed by atoms with Gasteiger partial charge in [0.05, 0.1) is 16.2 Å². The van der Waals surface area contributed by atoms with Gasteiger partial charge in [0.2, 0.25) is 0 Å². The number of nitro benzene ring substituents is 1. The molecule has 0 bridgehead atoms. The molecule has 0 fully saturated rings. The number of hydrogen-bond donors (Lipinski definition) is 1. The number of nitrogens with zero attached hydrogens (tertiary/aromatic N) is 1. The van der Waals surface area contributed by atoms with Crippen LogP contribution in [-0.2, 0) is 9.53 Å². The summed E-state index contributed by atoms with van der Waals surface area (Å²) in [6.07, 6.45) is 0. The van der Waals surface area contributed by atoms with Gasteiger partial charge in [-0.15, -0.1) is 0 Å². The zero-order valence-corrected chi connectivity index (χ0v) is 17.3. The SMILES string of the molecule is Cc1cccc(C(=O)OCC(=O)Nc2cccc3c2C(=O)c2ccccc2C3=O)c1[N+](=O)[O-]. The summed E-state index contributed by atoms with van der Waals surface area (Å²) in [6.45, 7) is 0.739. The number of fused-ring (bicyclic) bond motifs is 2. The minimum Gasteiger partial charge on any atom is -0.452 e. The number of ketones is 2. The number of rotatable bonds is 5. The Morgan fingerprint density at radius 1 is 0.909 bits per heavy atom. The molecule has 1 aliphatic rings. The first-order valence-corrected chi connectivity index (χ1v) is 9.82. The van der Waals surface area contributed by atoms with Crippen molar-refractivity contribution in [3.8, 4) is 0 Å². The van der Waals surface area contributed by atoms with Gasteiger partial charge in [0.15, 0.2) is 18.2 Å². The summed E-state index contributed by atoms with van der Waals surface area (Å²) in [5, 5.41) is 13.8. The van der Waals surface area contributed by atoms with Crippen LogP contribution < -0.4 is 5.32 Å². The highest BCUT2D eigenvalue weighted by Crippen LogP contribution is 2.32. The summed E-state index contributed by atoms with van der Waals surface area (Å²) in [5.41, 5.74) is 0.424. The third-order valence-electron chi connectivity index (χ3n) is 5.20. The first-order chi connectivity index (χ1) is 15.8. The molecule has 1 aliphatic carbocycles. The molecule has 33 heavy (non-hydrogen) atoms. The van der Waals surface area contributed by atoms with Gasteiger partial charge in [-0.3, -0.25) is 24.5 Å². The lowest BCUT2D eigenvalue weighted by Crippen LogP contribution is -2.26. The number of aryl methyl sites for hydroxylation is 1. The van der Waals surface area contributed by atoms with Crippen LogP contribution in [0.5, 0.6) is 0 Å². The number of hydrogen-bond acceptors (Lipinski definition) is 7. The summed E-state index contributed by atoms with van der Waals surface area (Å²) < 4.78 is 4.95. The Kier molecular flexibility index (Phi) is 5.53. The highest BCUT2D eigenvalue weighted by molar-refractivity contribution is 6.30. The Balaban J connectivity index is 1.53. The van der Waals surface area contributed by atoms with Crippen LogP contribution in [0.2, 0.25) is 0 Å². The Labute approximate surface area is 187 Å². The fourth-order valence-corrected chi connectivity index (χ4v) is 3.71. The molecular formula is C24H16N2O7. The number of nitro groups is 1. The third kappa shape index (κ3) is 3.87. The van der Waals surface area contributed by atoms with Crippen molar-refractivity contribution in [3.63, 3.8) is 0 Å². The summed E-state index contributed by atoms with van der Waals surface area (Å²) in [4.78, 5) is 61.1. The van der Waals surface area contributed by atoms with Crippen LogP contribution in [0.25, 0.3) is 0 Å². The van der Waals surface area contributed by atoms with Gasteiger partial charge in [-0.2, -0.15) is 0 Å². The Hall–Kier alpha value is -4.66. The number of anilines is 1. The van der Waals surface area contributed by atoms with E-state index >= 15 is 0 Å². The molecule has 0 radical (unpaired) electrons. The number of carbonyl (C=O) groups is 4. The first kappa shape index (κ1) is 21.6. The van der Waals surface area contributed by atoms with Crippen LogP contribution in [0.4, 0.5) is 11.4 Å². The van der Waals surface area contributed by atoms with E-state index in [0.717, 1.165) is 0 Å². The second-order valence-electron chi connectivity index (χ2n) is 7.28. The lowest BCUT2D eigenvalue weighted by atomic mass is 9.83. The molecule has 164 valence electrons. The number of para-hydroxylation sites is 1. The van der Waals surface area contributed by atoms with Crippen LogP contribution in [0, 0.1) is 17.0 Å². The number of nitrogens with one attached hydrogen (secondary N) is 1.